The number of hydrogen-bond donors (Lipinski definition) is 1. The van der Waals surface area contributed by atoms with Crippen LogP contribution in [0.25, 0.3) is 11.1 Å². The van der Waals surface area contributed by atoms with Crippen LogP contribution >= 0.6 is 0 Å². The fraction of sp³-hybridized carbons (Fsp3) is 0.455. The normalized spacial score (nSPS) is 15.8. The predicted molar refractivity (Wildman–Crippen MR) is 160 cm³/mol. The number of anilines is 1. The third-order valence-electron chi connectivity index (χ3n) is 8.75. The number of rotatable bonds is 8. The van der Waals surface area contributed by atoms with Gasteiger partial charge in [-0.15, -0.1) is 0 Å². The van der Waals surface area contributed by atoms with E-state index in [9.17, 15) is 4.79 Å². The van der Waals surface area contributed by atoms with E-state index in [1.54, 1.807) is 6.20 Å². The summed E-state index contributed by atoms with van der Waals surface area (Å²) < 4.78 is 7.48. The molecule has 0 spiro atoms. The van der Waals surface area contributed by atoms with E-state index in [0.29, 0.717) is 24.4 Å². The monoisotopic (exact) mass is 552 g/mol. The average molecular weight is 553 g/mol. The summed E-state index contributed by atoms with van der Waals surface area (Å²) in [5, 5.41) is 7.79. The summed E-state index contributed by atoms with van der Waals surface area (Å²) in [7, 11) is 0. The maximum atomic E-state index is 13.1. The summed E-state index contributed by atoms with van der Waals surface area (Å²) in [4.78, 5) is 24.6. The van der Waals surface area contributed by atoms with E-state index in [2.05, 4.69) is 58.9 Å². The van der Waals surface area contributed by atoms with E-state index in [1.165, 1.54) is 60.9 Å². The van der Waals surface area contributed by atoms with Crippen LogP contribution in [0.3, 0.4) is 0 Å². The van der Waals surface area contributed by atoms with Gasteiger partial charge in [0.05, 0.1) is 24.6 Å². The zero-order chi connectivity index (χ0) is 28.3. The predicted octanol–water partition coefficient (Wildman–Crippen LogP) is 6.44. The molecule has 2 aliphatic rings. The molecule has 214 valence electrons. The van der Waals surface area contributed by atoms with Crippen molar-refractivity contribution < 1.29 is 9.21 Å². The molecule has 0 unspecified atom stereocenters. The maximum absolute atomic E-state index is 13.1. The van der Waals surface area contributed by atoms with Crippen LogP contribution in [0.4, 0.5) is 5.82 Å². The fourth-order valence-electron chi connectivity index (χ4n) is 6.40. The Morgan fingerprint density at radius 3 is 2.73 bits per heavy atom. The van der Waals surface area contributed by atoms with Crippen molar-refractivity contribution in [3.8, 4) is 11.1 Å². The summed E-state index contributed by atoms with van der Waals surface area (Å²) in [6.45, 7) is 9.43. The Labute approximate surface area is 242 Å². The molecule has 1 aliphatic heterocycles. The number of pyridine rings is 1. The number of aromatic nitrogens is 4. The van der Waals surface area contributed by atoms with Gasteiger partial charge in [0, 0.05) is 42.0 Å². The molecule has 1 saturated carbocycles. The van der Waals surface area contributed by atoms with E-state index in [-0.39, 0.29) is 11.8 Å². The Balaban J connectivity index is 1.23. The second kappa shape index (κ2) is 11.9. The smallest absolute Gasteiger partial charge is 0.252 e. The Kier molecular flexibility index (Phi) is 7.90. The lowest BCUT2D eigenvalue weighted by Gasteiger charge is -2.31. The van der Waals surface area contributed by atoms with Gasteiger partial charge in [-0.25, -0.2) is 9.97 Å². The number of hydrogen-bond acceptors (Lipinski definition) is 6. The molecule has 8 heteroatoms. The maximum Gasteiger partial charge on any atom is 0.252 e. The van der Waals surface area contributed by atoms with Crippen LogP contribution in [-0.4, -0.2) is 32.2 Å². The van der Waals surface area contributed by atoms with Crippen molar-refractivity contribution in [2.24, 2.45) is 5.92 Å². The number of oxazole rings is 1. The van der Waals surface area contributed by atoms with Gasteiger partial charge in [0.15, 0.2) is 6.39 Å². The van der Waals surface area contributed by atoms with Crippen molar-refractivity contribution in [1.29, 1.82) is 0 Å². The lowest BCUT2D eigenvalue weighted by molar-refractivity contribution is 0.0947. The highest BCUT2D eigenvalue weighted by atomic mass is 16.3. The van der Waals surface area contributed by atoms with Crippen molar-refractivity contribution >= 4 is 11.7 Å². The van der Waals surface area contributed by atoms with E-state index < -0.39 is 0 Å². The van der Waals surface area contributed by atoms with Gasteiger partial charge in [0.25, 0.3) is 5.91 Å². The van der Waals surface area contributed by atoms with Crippen molar-refractivity contribution in [2.45, 2.75) is 84.8 Å². The highest BCUT2D eigenvalue weighted by Crippen LogP contribution is 2.34. The molecule has 4 aromatic rings. The number of carbonyl (C=O) groups excluding carboxylic acids is 1. The Morgan fingerprint density at radius 2 is 1.95 bits per heavy atom. The minimum absolute atomic E-state index is 0.105. The Morgan fingerprint density at radius 1 is 1.10 bits per heavy atom. The zero-order valence-corrected chi connectivity index (χ0v) is 24.4. The highest BCUT2D eigenvalue weighted by molar-refractivity contribution is 5.96. The molecule has 1 fully saturated rings. The second-order valence-corrected chi connectivity index (χ2v) is 11.9. The van der Waals surface area contributed by atoms with Crippen LogP contribution < -0.4 is 10.2 Å². The molecular weight excluding hydrogens is 512 g/mol. The second-order valence-electron chi connectivity index (χ2n) is 11.9. The molecule has 8 nitrogen and oxygen atoms in total. The van der Waals surface area contributed by atoms with Gasteiger partial charge in [-0.3, -0.25) is 9.48 Å². The van der Waals surface area contributed by atoms with Gasteiger partial charge in [0.1, 0.15) is 11.6 Å². The molecule has 1 aromatic carbocycles. The average Bonchev–Trinajstić information content (AvgIpc) is 3.65. The molecule has 3 aromatic heterocycles. The molecule has 41 heavy (non-hydrogen) atoms. The summed E-state index contributed by atoms with van der Waals surface area (Å²) in [5.41, 5.74) is 7.64. The van der Waals surface area contributed by atoms with Gasteiger partial charge in [-0.2, -0.15) is 5.10 Å². The minimum atomic E-state index is -0.105. The van der Waals surface area contributed by atoms with Crippen LogP contribution in [0, 0.1) is 12.8 Å². The highest BCUT2D eigenvalue weighted by Gasteiger charge is 2.25. The standard InChI is InChI=1S/C33H40N6O2/c1-22(2)32-27(29-18-36-39(23(29)3)19-24-8-5-4-6-9-24)12-13-31(37-32)38-15-14-25-10-7-11-28(30(25)20-38)33(40)35-17-26-16-34-21-41-26/h7,10-13,16,18,21-22,24H,4-6,8-9,14-15,17,19-20H2,1-3H3,(H,35,40). The van der Waals surface area contributed by atoms with Gasteiger partial charge in [-0.1, -0.05) is 45.2 Å². The molecule has 4 heterocycles. The third-order valence-corrected chi connectivity index (χ3v) is 8.75. The van der Waals surface area contributed by atoms with Gasteiger partial charge >= 0.3 is 0 Å². The first kappa shape index (κ1) is 27.2. The van der Waals surface area contributed by atoms with Crippen LogP contribution in [0.1, 0.15) is 90.5 Å². The number of carbonyl (C=O) groups is 1. The van der Waals surface area contributed by atoms with Gasteiger partial charge in [0.2, 0.25) is 0 Å². The number of fused-ring (bicyclic) bond motifs is 1. The Hall–Kier alpha value is -3.94. The zero-order valence-electron chi connectivity index (χ0n) is 24.4. The molecule has 6 rings (SSSR count). The first-order chi connectivity index (χ1) is 20.0. The van der Waals surface area contributed by atoms with Gasteiger partial charge < -0.3 is 14.6 Å². The van der Waals surface area contributed by atoms with E-state index in [4.69, 9.17) is 14.5 Å². The van der Waals surface area contributed by atoms with E-state index >= 15 is 0 Å². The third kappa shape index (κ3) is 5.78. The molecule has 1 N–H and O–H groups in total. The lowest BCUT2D eigenvalue weighted by atomic mass is 9.89. The summed E-state index contributed by atoms with van der Waals surface area (Å²) >= 11 is 0. The number of benzene rings is 1. The van der Waals surface area contributed by atoms with Crippen molar-refractivity contribution in [3.05, 3.63) is 83.0 Å². The summed E-state index contributed by atoms with van der Waals surface area (Å²) in [5.74, 6) is 2.47. The topological polar surface area (TPSA) is 89.1 Å². The molecular formula is C33H40N6O2. The van der Waals surface area contributed by atoms with Crippen molar-refractivity contribution in [2.75, 3.05) is 11.4 Å². The SMILES string of the molecule is Cc1c(-c2ccc(N3CCc4cccc(C(=O)NCc5cnco5)c4C3)nc2C(C)C)cnn1CC1CCCCC1. The van der Waals surface area contributed by atoms with Crippen LogP contribution in [0.2, 0.25) is 0 Å². The first-order valence-corrected chi connectivity index (χ1v) is 15.0. The molecule has 1 aliphatic carbocycles. The van der Waals surface area contributed by atoms with Crippen LogP contribution in [-0.2, 0) is 26.1 Å². The largest absolute Gasteiger partial charge is 0.447 e. The molecule has 0 radical (unpaired) electrons. The number of nitrogens with one attached hydrogen (secondary N) is 1. The van der Waals surface area contributed by atoms with Crippen molar-refractivity contribution in [3.63, 3.8) is 0 Å². The number of nitrogens with zero attached hydrogens (tertiary/aromatic N) is 5. The molecule has 0 saturated heterocycles. The quantitative estimate of drug-likeness (QED) is 0.271. The van der Waals surface area contributed by atoms with Crippen LogP contribution in [0.15, 0.2) is 53.5 Å². The van der Waals surface area contributed by atoms with Crippen LogP contribution in [0.5, 0.6) is 0 Å². The molecule has 0 bridgehead atoms. The summed E-state index contributed by atoms with van der Waals surface area (Å²) in [6.07, 6.45) is 12.6. The molecule has 1 amide bonds. The Bertz CT molecular complexity index is 1500. The van der Waals surface area contributed by atoms with E-state index in [1.807, 2.05) is 18.3 Å². The van der Waals surface area contributed by atoms with E-state index in [0.717, 1.165) is 42.5 Å². The van der Waals surface area contributed by atoms with Crippen molar-refractivity contribution in [1.82, 2.24) is 25.1 Å². The first-order valence-electron chi connectivity index (χ1n) is 15.0. The molecule has 0 atom stereocenters. The minimum Gasteiger partial charge on any atom is -0.447 e. The van der Waals surface area contributed by atoms with Gasteiger partial charge in [-0.05, 0) is 67.3 Å². The summed E-state index contributed by atoms with van der Waals surface area (Å²) in [6, 6.07) is 10.4. The fourth-order valence-corrected chi connectivity index (χ4v) is 6.40. The number of amides is 1. The lowest BCUT2D eigenvalue weighted by Crippen LogP contribution is -2.34.